The second kappa shape index (κ2) is 8.24. The Morgan fingerprint density at radius 2 is 2.03 bits per heavy atom. The van der Waals surface area contributed by atoms with Crippen molar-refractivity contribution in [3.8, 4) is 0 Å². The van der Waals surface area contributed by atoms with E-state index in [0.29, 0.717) is 17.6 Å². The highest BCUT2D eigenvalue weighted by Crippen LogP contribution is 2.39. The fraction of sp³-hybridized carbons (Fsp3) is 0.320. The van der Waals surface area contributed by atoms with Crippen molar-refractivity contribution in [3.05, 3.63) is 82.0 Å². The largest absolute Gasteiger partial charge is 0.357 e. The number of benzene rings is 1. The molecule has 164 valence electrons. The Hall–Kier alpha value is -3.45. The van der Waals surface area contributed by atoms with Crippen molar-refractivity contribution in [1.82, 2.24) is 25.0 Å². The molecule has 0 aliphatic heterocycles. The van der Waals surface area contributed by atoms with E-state index in [1.165, 1.54) is 29.7 Å². The zero-order valence-electron chi connectivity index (χ0n) is 18.1. The predicted octanol–water partition coefficient (Wildman–Crippen LogP) is 3.39. The predicted molar refractivity (Wildman–Crippen MR) is 125 cm³/mol. The minimum Gasteiger partial charge on any atom is -0.357 e. The second-order valence-electron chi connectivity index (χ2n) is 9.08. The first kappa shape index (κ1) is 20.5. The van der Waals surface area contributed by atoms with E-state index in [9.17, 15) is 9.59 Å². The molecule has 1 aromatic carbocycles. The first-order valence-corrected chi connectivity index (χ1v) is 11.1. The Morgan fingerprint density at radius 3 is 2.84 bits per heavy atom. The Morgan fingerprint density at radius 1 is 1.16 bits per heavy atom. The summed E-state index contributed by atoms with van der Waals surface area (Å²) in [6.45, 7) is 4.57. The molecule has 3 aromatic heterocycles. The first-order chi connectivity index (χ1) is 15.5. The van der Waals surface area contributed by atoms with Crippen LogP contribution >= 0.6 is 0 Å². The smallest absolute Gasteiger partial charge is 0.270 e. The number of hydrogen-bond acceptors (Lipinski definition) is 4. The van der Waals surface area contributed by atoms with E-state index in [1.54, 1.807) is 24.4 Å². The van der Waals surface area contributed by atoms with Crippen LogP contribution in [0.1, 0.15) is 47.9 Å². The quantitative estimate of drug-likeness (QED) is 0.420. The van der Waals surface area contributed by atoms with Gasteiger partial charge in [0.05, 0.1) is 0 Å². The fourth-order valence-electron chi connectivity index (χ4n) is 4.34. The van der Waals surface area contributed by atoms with Crippen molar-refractivity contribution < 1.29 is 4.79 Å². The lowest BCUT2D eigenvalue weighted by Gasteiger charge is -2.38. The van der Waals surface area contributed by atoms with Crippen LogP contribution in [0.25, 0.3) is 16.6 Å². The van der Waals surface area contributed by atoms with Crippen molar-refractivity contribution in [2.75, 3.05) is 6.54 Å². The van der Waals surface area contributed by atoms with Gasteiger partial charge in [0.25, 0.3) is 11.5 Å². The normalized spacial score (nSPS) is 15.0. The minimum absolute atomic E-state index is 0.121. The van der Waals surface area contributed by atoms with E-state index in [1.807, 2.05) is 6.07 Å². The van der Waals surface area contributed by atoms with Crippen molar-refractivity contribution in [1.29, 1.82) is 0 Å². The van der Waals surface area contributed by atoms with Crippen molar-refractivity contribution in [3.63, 3.8) is 0 Å². The molecule has 32 heavy (non-hydrogen) atoms. The molecule has 1 saturated carbocycles. The summed E-state index contributed by atoms with van der Waals surface area (Å²) in [5.41, 5.74) is 3.94. The molecule has 7 nitrogen and oxygen atoms in total. The van der Waals surface area contributed by atoms with E-state index < -0.39 is 0 Å². The van der Waals surface area contributed by atoms with Gasteiger partial charge in [-0.05, 0) is 53.5 Å². The van der Waals surface area contributed by atoms with Crippen LogP contribution in [0.2, 0.25) is 0 Å². The third kappa shape index (κ3) is 4.16. The molecule has 0 radical (unpaired) electrons. The molecular weight excluding hydrogens is 402 g/mol. The van der Waals surface area contributed by atoms with Gasteiger partial charge in [-0.2, -0.15) is 0 Å². The van der Waals surface area contributed by atoms with Gasteiger partial charge in [-0.3, -0.25) is 14.0 Å². The van der Waals surface area contributed by atoms with E-state index in [0.717, 1.165) is 35.2 Å². The molecule has 0 spiro atoms. The Labute approximate surface area is 185 Å². The summed E-state index contributed by atoms with van der Waals surface area (Å²) in [5, 5.41) is 7.59. The molecule has 0 atom stereocenters. The minimum atomic E-state index is -0.366. The monoisotopic (exact) mass is 429 g/mol. The molecule has 1 amide bonds. The van der Waals surface area contributed by atoms with Gasteiger partial charge in [-0.25, -0.2) is 4.98 Å². The van der Waals surface area contributed by atoms with Crippen LogP contribution in [0.3, 0.4) is 0 Å². The Balaban J connectivity index is 1.23. The molecule has 0 unspecified atom stereocenters. The molecule has 1 aliphatic carbocycles. The average Bonchev–Trinajstić information content (AvgIpc) is 3.18. The molecule has 7 heteroatoms. The summed E-state index contributed by atoms with van der Waals surface area (Å²) in [4.78, 5) is 32.6. The summed E-state index contributed by atoms with van der Waals surface area (Å²) in [7, 11) is 0. The van der Waals surface area contributed by atoms with E-state index >= 15 is 0 Å². The molecule has 1 aliphatic rings. The van der Waals surface area contributed by atoms with Crippen LogP contribution in [-0.4, -0.2) is 26.8 Å². The molecule has 5 rings (SSSR count). The lowest BCUT2D eigenvalue weighted by Crippen LogP contribution is -2.37. The number of rotatable bonds is 7. The summed E-state index contributed by atoms with van der Waals surface area (Å²) < 4.78 is 1.41. The van der Waals surface area contributed by atoms with Crippen LogP contribution < -0.4 is 16.2 Å². The number of H-pyrrole nitrogens is 1. The van der Waals surface area contributed by atoms with Crippen LogP contribution in [0, 0.1) is 5.41 Å². The van der Waals surface area contributed by atoms with Crippen molar-refractivity contribution in [2.45, 2.75) is 39.3 Å². The van der Waals surface area contributed by atoms with Crippen LogP contribution in [-0.2, 0) is 13.1 Å². The van der Waals surface area contributed by atoms with Gasteiger partial charge in [-0.15, -0.1) is 0 Å². The number of aromatic nitrogens is 3. The van der Waals surface area contributed by atoms with Gasteiger partial charge in [0, 0.05) is 43.1 Å². The maximum atomic E-state index is 12.6. The lowest BCUT2D eigenvalue weighted by atomic mass is 9.70. The summed E-state index contributed by atoms with van der Waals surface area (Å²) in [6.07, 6.45) is 5.60. The number of amides is 1. The molecule has 0 saturated heterocycles. The number of carbonyl (C=O) groups excluding carboxylic acids is 1. The molecule has 0 bridgehead atoms. The lowest BCUT2D eigenvalue weighted by molar-refractivity contribution is 0.0946. The third-order valence-electron chi connectivity index (χ3n) is 6.43. The maximum Gasteiger partial charge on any atom is 0.270 e. The molecule has 4 aromatic rings. The second-order valence-corrected chi connectivity index (χ2v) is 9.08. The summed E-state index contributed by atoms with van der Waals surface area (Å²) in [5.74, 6) is -0.366. The fourth-order valence-corrected chi connectivity index (χ4v) is 4.34. The standard InChI is InChI=1S/C25H27N5O2/c1-25(8-4-9-25)16-26-15-19-12-18-7-6-17(11-20(18)28-19)14-27-24(32)21-13-23(31)30-10-3-2-5-22(30)29-21/h2-3,5-7,10-13,26,28H,4,8-9,14-16H2,1H3,(H,27,32). The SMILES string of the molecule is CC1(CNCc2cc3ccc(CNC(=O)c4cc(=O)n5ccccc5n4)cc3[nH]2)CCC1. The number of carbonyl (C=O) groups is 1. The van der Waals surface area contributed by atoms with Gasteiger partial charge >= 0.3 is 0 Å². The van der Waals surface area contributed by atoms with Gasteiger partial charge in [0.2, 0.25) is 0 Å². The summed E-state index contributed by atoms with van der Waals surface area (Å²) in [6, 6.07) is 14.8. The van der Waals surface area contributed by atoms with Gasteiger partial charge in [0.1, 0.15) is 11.3 Å². The Bertz CT molecular complexity index is 1350. The number of hydrogen-bond donors (Lipinski definition) is 3. The third-order valence-corrected chi connectivity index (χ3v) is 6.43. The number of nitrogens with zero attached hydrogens (tertiary/aromatic N) is 2. The van der Waals surface area contributed by atoms with Gasteiger partial charge < -0.3 is 15.6 Å². The van der Waals surface area contributed by atoms with Crippen LogP contribution in [0.5, 0.6) is 0 Å². The van der Waals surface area contributed by atoms with Crippen molar-refractivity contribution >= 4 is 22.5 Å². The van der Waals surface area contributed by atoms with Crippen molar-refractivity contribution in [2.24, 2.45) is 5.41 Å². The van der Waals surface area contributed by atoms with E-state index in [2.05, 4.69) is 45.7 Å². The zero-order chi connectivity index (χ0) is 22.1. The summed E-state index contributed by atoms with van der Waals surface area (Å²) >= 11 is 0. The topological polar surface area (TPSA) is 91.3 Å². The highest BCUT2D eigenvalue weighted by molar-refractivity contribution is 5.92. The number of fused-ring (bicyclic) bond motifs is 2. The number of aromatic amines is 1. The number of nitrogens with one attached hydrogen (secondary N) is 3. The van der Waals surface area contributed by atoms with E-state index in [-0.39, 0.29) is 17.2 Å². The highest BCUT2D eigenvalue weighted by Gasteiger charge is 2.30. The molecule has 3 heterocycles. The first-order valence-electron chi connectivity index (χ1n) is 11.1. The molecular formula is C25H27N5O2. The van der Waals surface area contributed by atoms with Crippen LogP contribution in [0.15, 0.2) is 59.5 Å². The highest BCUT2D eigenvalue weighted by atomic mass is 16.2. The molecule has 1 fully saturated rings. The van der Waals surface area contributed by atoms with Gasteiger partial charge in [-0.1, -0.05) is 31.5 Å². The van der Waals surface area contributed by atoms with E-state index in [4.69, 9.17) is 0 Å². The maximum absolute atomic E-state index is 12.6. The van der Waals surface area contributed by atoms with Gasteiger partial charge in [0.15, 0.2) is 0 Å². The molecule has 3 N–H and O–H groups in total. The average molecular weight is 430 g/mol. The number of pyridine rings is 1. The van der Waals surface area contributed by atoms with Crippen LogP contribution in [0.4, 0.5) is 0 Å². The Kier molecular flexibility index (Phi) is 5.27. The zero-order valence-corrected chi connectivity index (χ0v) is 18.1.